The maximum Gasteiger partial charge on any atom is 0.120 e. The number of likely N-dealkylation sites (tertiary alicyclic amines) is 1. The van der Waals surface area contributed by atoms with Crippen LogP contribution < -0.4 is 5.32 Å². The second kappa shape index (κ2) is 6.87. The summed E-state index contributed by atoms with van der Waals surface area (Å²) in [7, 11) is 0. The van der Waals surface area contributed by atoms with Crippen LogP contribution in [0.25, 0.3) is 0 Å². The van der Waals surface area contributed by atoms with E-state index in [2.05, 4.69) is 57.4 Å². The molecule has 0 amide bonds. The van der Waals surface area contributed by atoms with Crippen molar-refractivity contribution in [3.63, 3.8) is 0 Å². The summed E-state index contributed by atoms with van der Waals surface area (Å²) in [6.07, 6.45) is 6.09. The quantitative estimate of drug-likeness (QED) is 0.887. The Hall–Kier alpha value is -1.65. The zero-order valence-corrected chi connectivity index (χ0v) is 12.6. The third kappa shape index (κ3) is 3.93. The highest BCUT2D eigenvalue weighted by Crippen LogP contribution is 2.20. The minimum Gasteiger partial charge on any atom is -0.348 e. The Balaban J connectivity index is 1.47. The first-order valence-electron chi connectivity index (χ1n) is 7.81. The summed E-state index contributed by atoms with van der Waals surface area (Å²) in [5.74, 6) is 1.02. The molecular weight excluding hydrogens is 260 g/mol. The van der Waals surface area contributed by atoms with Gasteiger partial charge in [0.05, 0.1) is 6.54 Å². The van der Waals surface area contributed by atoms with Crippen LogP contribution in [0.5, 0.6) is 0 Å². The van der Waals surface area contributed by atoms with Crippen molar-refractivity contribution >= 4 is 0 Å². The lowest BCUT2D eigenvalue weighted by Gasteiger charge is -2.38. The van der Waals surface area contributed by atoms with Gasteiger partial charge in [-0.2, -0.15) is 0 Å². The smallest absolute Gasteiger partial charge is 0.120 e. The van der Waals surface area contributed by atoms with Gasteiger partial charge in [0.1, 0.15) is 5.82 Å². The monoisotopic (exact) mass is 284 g/mol. The molecule has 4 nitrogen and oxygen atoms in total. The zero-order chi connectivity index (χ0) is 14.5. The van der Waals surface area contributed by atoms with Gasteiger partial charge >= 0.3 is 0 Å². The fourth-order valence-electron chi connectivity index (χ4n) is 3.09. The molecule has 2 atom stereocenters. The molecule has 21 heavy (non-hydrogen) atoms. The summed E-state index contributed by atoms with van der Waals surface area (Å²) in [4.78, 5) is 9.99. The van der Waals surface area contributed by atoms with Crippen LogP contribution in [0.2, 0.25) is 0 Å². The predicted molar refractivity (Wildman–Crippen MR) is 84.8 cm³/mol. The van der Waals surface area contributed by atoms with Crippen molar-refractivity contribution in [3.05, 3.63) is 54.1 Å². The van der Waals surface area contributed by atoms with Crippen molar-refractivity contribution in [1.82, 2.24) is 20.2 Å². The van der Waals surface area contributed by atoms with Gasteiger partial charge in [0.25, 0.3) is 0 Å². The van der Waals surface area contributed by atoms with Crippen molar-refractivity contribution in [1.29, 1.82) is 0 Å². The van der Waals surface area contributed by atoms with Gasteiger partial charge in [-0.15, -0.1) is 0 Å². The molecule has 2 aromatic rings. The van der Waals surface area contributed by atoms with E-state index in [4.69, 9.17) is 0 Å². The van der Waals surface area contributed by atoms with Crippen molar-refractivity contribution in [2.24, 2.45) is 0 Å². The standard InChI is InChI=1S/C17H24N4/c1-14-11-16(20-12-17-18-8-9-19-17)7-10-21(14)13-15-5-3-2-4-6-15/h2-6,8-9,14,16,20H,7,10-13H2,1H3,(H,18,19)/t14-,16-/m0/s1. The molecule has 0 radical (unpaired) electrons. The molecule has 1 saturated heterocycles. The van der Waals surface area contributed by atoms with Crippen LogP contribution in [0.15, 0.2) is 42.7 Å². The number of piperidine rings is 1. The molecule has 1 fully saturated rings. The Morgan fingerprint density at radius 2 is 2.19 bits per heavy atom. The molecule has 0 unspecified atom stereocenters. The number of aromatic nitrogens is 2. The van der Waals surface area contributed by atoms with Crippen LogP contribution in [0.1, 0.15) is 31.2 Å². The molecule has 1 aromatic heterocycles. The number of rotatable bonds is 5. The van der Waals surface area contributed by atoms with E-state index >= 15 is 0 Å². The Morgan fingerprint density at radius 3 is 2.90 bits per heavy atom. The molecule has 3 rings (SSSR count). The van der Waals surface area contributed by atoms with Crippen LogP contribution in [0.4, 0.5) is 0 Å². The highest BCUT2D eigenvalue weighted by Gasteiger charge is 2.25. The zero-order valence-electron chi connectivity index (χ0n) is 12.6. The fraction of sp³-hybridized carbons (Fsp3) is 0.471. The van der Waals surface area contributed by atoms with E-state index in [1.165, 1.54) is 18.4 Å². The van der Waals surface area contributed by atoms with E-state index < -0.39 is 0 Å². The number of imidazole rings is 1. The summed E-state index contributed by atoms with van der Waals surface area (Å²) in [6, 6.07) is 12.0. The van der Waals surface area contributed by atoms with E-state index in [1.54, 1.807) is 0 Å². The number of hydrogen-bond acceptors (Lipinski definition) is 3. The number of benzene rings is 1. The second-order valence-corrected chi connectivity index (χ2v) is 5.94. The number of nitrogens with zero attached hydrogens (tertiary/aromatic N) is 2. The summed E-state index contributed by atoms with van der Waals surface area (Å²) in [5, 5.41) is 3.62. The third-order valence-electron chi connectivity index (χ3n) is 4.36. The van der Waals surface area contributed by atoms with Crippen LogP contribution in [-0.4, -0.2) is 33.5 Å². The van der Waals surface area contributed by atoms with Gasteiger partial charge in [0.15, 0.2) is 0 Å². The lowest BCUT2D eigenvalue weighted by Crippen LogP contribution is -2.46. The SMILES string of the molecule is C[C@H]1C[C@@H](NCc2ncc[nH]2)CCN1Cc1ccccc1. The maximum atomic E-state index is 4.26. The van der Waals surface area contributed by atoms with Crippen molar-refractivity contribution < 1.29 is 0 Å². The molecule has 1 aliphatic heterocycles. The summed E-state index contributed by atoms with van der Waals surface area (Å²) < 4.78 is 0. The van der Waals surface area contributed by atoms with Gasteiger partial charge in [0, 0.05) is 37.6 Å². The average Bonchev–Trinajstić information content (AvgIpc) is 3.02. The van der Waals surface area contributed by atoms with E-state index in [1.807, 2.05) is 12.4 Å². The van der Waals surface area contributed by atoms with E-state index in [0.717, 1.165) is 25.5 Å². The molecular formula is C17H24N4. The van der Waals surface area contributed by atoms with Crippen LogP contribution in [0, 0.1) is 0 Å². The van der Waals surface area contributed by atoms with Gasteiger partial charge in [-0.25, -0.2) is 4.98 Å². The van der Waals surface area contributed by atoms with Gasteiger partial charge in [0.2, 0.25) is 0 Å². The number of hydrogen-bond donors (Lipinski definition) is 2. The molecule has 1 aromatic carbocycles. The van der Waals surface area contributed by atoms with Gasteiger partial charge < -0.3 is 10.3 Å². The predicted octanol–water partition coefficient (Wildman–Crippen LogP) is 2.55. The Morgan fingerprint density at radius 1 is 1.33 bits per heavy atom. The number of H-pyrrole nitrogens is 1. The van der Waals surface area contributed by atoms with E-state index in [9.17, 15) is 0 Å². The minimum atomic E-state index is 0.595. The Labute approximate surface area is 126 Å². The lowest BCUT2D eigenvalue weighted by atomic mass is 9.97. The molecule has 0 saturated carbocycles. The Bertz CT molecular complexity index is 523. The Kier molecular flexibility index (Phi) is 4.68. The lowest BCUT2D eigenvalue weighted by molar-refractivity contribution is 0.128. The van der Waals surface area contributed by atoms with E-state index in [-0.39, 0.29) is 0 Å². The number of nitrogens with one attached hydrogen (secondary N) is 2. The average molecular weight is 284 g/mol. The molecule has 112 valence electrons. The molecule has 4 heteroatoms. The minimum absolute atomic E-state index is 0.595. The van der Waals surface area contributed by atoms with Gasteiger partial charge in [-0.1, -0.05) is 30.3 Å². The second-order valence-electron chi connectivity index (χ2n) is 5.94. The maximum absolute atomic E-state index is 4.26. The van der Waals surface area contributed by atoms with Crippen LogP contribution in [0.3, 0.4) is 0 Å². The summed E-state index contributed by atoms with van der Waals surface area (Å²) in [5.41, 5.74) is 1.41. The topological polar surface area (TPSA) is 44.0 Å². The fourth-order valence-corrected chi connectivity index (χ4v) is 3.09. The highest BCUT2D eigenvalue weighted by atomic mass is 15.2. The van der Waals surface area contributed by atoms with Gasteiger partial charge in [-0.3, -0.25) is 4.90 Å². The first-order chi connectivity index (χ1) is 10.3. The normalized spacial score (nSPS) is 23.3. The van der Waals surface area contributed by atoms with Crippen molar-refractivity contribution in [3.8, 4) is 0 Å². The molecule has 1 aliphatic rings. The largest absolute Gasteiger partial charge is 0.348 e. The number of aromatic amines is 1. The van der Waals surface area contributed by atoms with Crippen LogP contribution in [-0.2, 0) is 13.1 Å². The molecule has 0 aliphatic carbocycles. The molecule has 0 spiro atoms. The van der Waals surface area contributed by atoms with Crippen molar-refractivity contribution in [2.75, 3.05) is 6.54 Å². The van der Waals surface area contributed by atoms with Crippen LogP contribution >= 0.6 is 0 Å². The van der Waals surface area contributed by atoms with Gasteiger partial charge in [-0.05, 0) is 25.3 Å². The van der Waals surface area contributed by atoms with E-state index in [0.29, 0.717) is 12.1 Å². The van der Waals surface area contributed by atoms with Crippen molar-refractivity contribution in [2.45, 2.75) is 44.9 Å². The highest BCUT2D eigenvalue weighted by molar-refractivity contribution is 5.14. The summed E-state index contributed by atoms with van der Waals surface area (Å²) in [6.45, 7) is 5.39. The first-order valence-corrected chi connectivity index (χ1v) is 7.81. The molecule has 2 N–H and O–H groups in total. The summed E-state index contributed by atoms with van der Waals surface area (Å²) >= 11 is 0. The first kappa shape index (κ1) is 14.3. The molecule has 2 heterocycles. The molecule has 0 bridgehead atoms. The third-order valence-corrected chi connectivity index (χ3v) is 4.36.